The molecule has 2 rings (SSSR count). The monoisotopic (exact) mass is 450 g/mol. The molecule has 0 unspecified atom stereocenters. The second-order valence-corrected chi connectivity index (χ2v) is 6.88. The Morgan fingerprint density at radius 3 is 2.00 bits per heavy atom. The molecule has 24 heavy (non-hydrogen) atoms. The minimum absolute atomic E-state index is 0.0281. The van der Waals surface area contributed by atoms with Gasteiger partial charge in [0, 0.05) is 0 Å². The zero-order valence-electron chi connectivity index (χ0n) is 13.2. The highest BCUT2D eigenvalue weighted by Gasteiger charge is 2.10. The predicted octanol–water partition coefficient (Wildman–Crippen LogP) is 6.18. The molecule has 0 atom stereocenters. The van der Waals surface area contributed by atoms with E-state index in [0.29, 0.717) is 30.4 Å². The fraction of sp³-hybridized carbons (Fsp3) is 0.368. The maximum atomic E-state index is 14.1. The summed E-state index contributed by atoms with van der Waals surface area (Å²) in [4.78, 5) is 0. The molecular weight excluding hydrogens is 431 g/mol. The normalized spacial score (nSPS) is 11.0. The van der Waals surface area contributed by atoms with Crippen LogP contribution in [0.5, 0.6) is 0 Å². The van der Waals surface area contributed by atoms with E-state index in [0.717, 1.165) is 24.8 Å². The first kappa shape index (κ1) is 19.2. The van der Waals surface area contributed by atoms with Gasteiger partial charge in [0.05, 0.1) is 10.2 Å². The molecule has 0 aliphatic heterocycles. The van der Waals surface area contributed by atoms with Crippen molar-refractivity contribution in [2.24, 2.45) is 0 Å². The van der Waals surface area contributed by atoms with Crippen molar-refractivity contribution in [2.45, 2.75) is 38.5 Å². The van der Waals surface area contributed by atoms with Gasteiger partial charge in [-0.05, 0) is 89.6 Å². The van der Waals surface area contributed by atoms with E-state index in [9.17, 15) is 17.6 Å². The average molecular weight is 450 g/mol. The van der Waals surface area contributed by atoms with Gasteiger partial charge in [-0.3, -0.25) is 4.39 Å². The van der Waals surface area contributed by atoms with Crippen LogP contribution in [0, 0.1) is 21.0 Å². The van der Waals surface area contributed by atoms with Crippen LogP contribution in [0.2, 0.25) is 0 Å². The molecule has 0 heterocycles. The van der Waals surface area contributed by atoms with E-state index in [-0.39, 0.29) is 16.1 Å². The Morgan fingerprint density at radius 2 is 1.38 bits per heavy atom. The van der Waals surface area contributed by atoms with Crippen molar-refractivity contribution in [1.82, 2.24) is 0 Å². The van der Waals surface area contributed by atoms with E-state index >= 15 is 0 Å². The second kappa shape index (κ2) is 9.39. The molecule has 2 aromatic carbocycles. The average Bonchev–Trinajstić information content (AvgIpc) is 2.55. The van der Waals surface area contributed by atoms with Gasteiger partial charge in [-0.15, -0.1) is 0 Å². The number of alkyl halides is 1. The van der Waals surface area contributed by atoms with Gasteiger partial charge in [0.1, 0.15) is 17.5 Å². The Balaban J connectivity index is 1.95. The van der Waals surface area contributed by atoms with Crippen molar-refractivity contribution in [3.8, 4) is 0 Å². The lowest BCUT2D eigenvalue weighted by molar-refractivity contribution is 0.456. The Kier molecular flexibility index (Phi) is 7.52. The van der Waals surface area contributed by atoms with Crippen molar-refractivity contribution in [3.63, 3.8) is 0 Å². The molecule has 0 aromatic heterocycles. The lowest BCUT2D eigenvalue weighted by Gasteiger charge is -2.08. The Hall–Kier alpha value is -1.11. The molecule has 0 amide bonds. The lowest BCUT2D eigenvalue weighted by atomic mass is 10.0. The van der Waals surface area contributed by atoms with Gasteiger partial charge >= 0.3 is 0 Å². The van der Waals surface area contributed by atoms with Crippen molar-refractivity contribution in [2.75, 3.05) is 6.67 Å². The Morgan fingerprint density at radius 1 is 0.708 bits per heavy atom. The Bertz CT molecular complexity index is 662. The van der Waals surface area contributed by atoms with Crippen LogP contribution in [0.3, 0.4) is 0 Å². The molecule has 5 heteroatoms. The van der Waals surface area contributed by atoms with Crippen LogP contribution in [-0.4, -0.2) is 6.67 Å². The molecule has 0 nitrogen and oxygen atoms in total. The van der Waals surface area contributed by atoms with E-state index in [2.05, 4.69) is 0 Å². The zero-order valence-corrected chi connectivity index (χ0v) is 15.4. The van der Waals surface area contributed by atoms with Crippen LogP contribution in [0.15, 0.2) is 30.3 Å². The highest BCUT2D eigenvalue weighted by atomic mass is 127. The summed E-state index contributed by atoms with van der Waals surface area (Å²) in [6, 6.07) is 7.67. The number of unbranched alkanes of at least 4 members (excludes halogenated alkanes) is 2. The van der Waals surface area contributed by atoms with E-state index < -0.39 is 11.6 Å². The molecule has 0 radical (unpaired) electrons. The molecular formula is C19H19F4I. The standard InChI is InChI=1S/C19H19F4I/c20-9-3-1-2-4-13-5-7-15(16(21)10-13)8-6-14-11-17(22)19(24)18(23)12-14/h5,7,10-12H,1-4,6,8-9H2. The van der Waals surface area contributed by atoms with Crippen molar-refractivity contribution in [3.05, 3.63) is 68.0 Å². The number of rotatable bonds is 8. The number of hydrogen-bond donors (Lipinski definition) is 0. The summed E-state index contributed by atoms with van der Waals surface area (Å²) in [5.74, 6) is -1.48. The van der Waals surface area contributed by atoms with Gasteiger partial charge in [0.25, 0.3) is 0 Å². The molecule has 0 aliphatic rings. The van der Waals surface area contributed by atoms with Crippen LogP contribution in [0.1, 0.15) is 36.0 Å². The number of aryl methyl sites for hydroxylation is 3. The van der Waals surface area contributed by atoms with Gasteiger partial charge in [0.2, 0.25) is 0 Å². The summed E-state index contributed by atoms with van der Waals surface area (Å²) in [6.45, 7) is -0.312. The molecule has 0 aliphatic carbocycles. The molecule has 130 valence electrons. The van der Waals surface area contributed by atoms with Gasteiger partial charge in [-0.25, -0.2) is 13.2 Å². The first-order chi connectivity index (χ1) is 11.5. The Labute approximate surface area is 153 Å². The number of benzene rings is 2. The van der Waals surface area contributed by atoms with Crippen LogP contribution >= 0.6 is 22.6 Å². The SMILES string of the molecule is FCCCCCc1ccc(CCc2cc(F)c(I)c(F)c2)c(F)c1. The van der Waals surface area contributed by atoms with Crippen LogP contribution in [0.4, 0.5) is 17.6 Å². The van der Waals surface area contributed by atoms with Gasteiger partial charge in [0.15, 0.2) is 0 Å². The fourth-order valence-corrected chi connectivity index (χ4v) is 2.89. The molecule has 0 saturated heterocycles. The van der Waals surface area contributed by atoms with Crippen molar-refractivity contribution in [1.29, 1.82) is 0 Å². The second-order valence-electron chi connectivity index (χ2n) is 5.80. The minimum Gasteiger partial charge on any atom is -0.251 e. The summed E-state index contributed by atoms with van der Waals surface area (Å²) < 4.78 is 53.2. The highest BCUT2D eigenvalue weighted by molar-refractivity contribution is 14.1. The third-order valence-corrected chi connectivity index (χ3v) is 4.97. The topological polar surface area (TPSA) is 0 Å². The molecule has 0 spiro atoms. The predicted molar refractivity (Wildman–Crippen MR) is 96.4 cm³/mol. The largest absolute Gasteiger partial charge is 0.251 e. The summed E-state index contributed by atoms with van der Waals surface area (Å²) in [7, 11) is 0. The van der Waals surface area contributed by atoms with Crippen LogP contribution in [0.25, 0.3) is 0 Å². The summed E-state index contributed by atoms with van der Waals surface area (Å²) in [6.07, 6.45) is 3.66. The van der Waals surface area contributed by atoms with Gasteiger partial charge < -0.3 is 0 Å². The van der Waals surface area contributed by atoms with Crippen molar-refractivity contribution < 1.29 is 17.6 Å². The van der Waals surface area contributed by atoms with E-state index in [1.165, 1.54) is 18.2 Å². The maximum absolute atomic E-state index is 14.1. The summed E-state index contributed by atoms with van der Waals surface area (Å²) in [5.41, 5.74) is 1.93. The van der Waals surface area contributed by atoms with E-state index in [1.807, 2.05) is 6.07 Å². The minimum atomic E-state index is -0.588. The molecule has 0 bridgehead atoms. The smallest absolute Gasteiger partial charge is 0.139 e. The molecule has 0 saturated carbocycles. The van der Waals surface area contributed by atoms with E-state index in [1.54, 1.807) is 28.7 Å². The fourth-order valence-electron chi connectivity index (χ4n) is 2.58. The van der Waals surface area contributed by atoms with E-state index in [4.69, 9.17) is 0 Å². The first-order valence-electron chi connectivity index (χ1n) is 7.98. The zero-order chi connectivity index (χ0) is 17.5. The molecule has 0 N–H and O–H groups in total. The maximum Gasteiger partial charge on any atom is 0.139 e. The number of halogens is 5. The molecule has 2 aromatic rings. The first-order valence-corrected chi connectivity index (χ1v) is 9.06. The van der Waals surface area contributed by atoms with Crippen LogP contribution in [-0.2, 0) is 19.3 Å². The lowest BCUT2D eigenvalue weighted by Crippen LogP contribution is -1.99. The summed E-state index contributed by atoms with van der Waals surface area (Å²) >= 11 is 1.62. The molecule has 0 fully saturated rings. The summed E-state index contributed by atoms with van der Waals surface area (Å²) in [5, 5.41) is 0. The van der Waals surface area contributed by atoms with Crippen LogP contribution < -0.4 is 0 Å². The van der Waals surface area contributed by atoms with Gasteiger partial charge in [-0.2, -0.15) is 0 Å². The quantitative estimate of drug-likeness (QED) is 0.195. The third kappa shape index (κ3) is 5.46. The highest BCUT2D eigenvalue weighted by Crippen LogP contribution is 2.20. The number of hydrogen-bond acceptors (Lipinski definition) is 0. The van der Waals surface area contributed by atoms with Crippen molar-refractivity contribution >= 4 is 22.6 Å². The van der Waals surface area contributed by atoms with Gasteiger partial charge in [-0.1, -0.05) is 18.6 Å². The third-order valence-electron chi connectivity index (χ3n) is 3.94.